The monoisotopic (exact) mass is 354 g/mol. The van der Waals surface area contributed by atoms with Crippen LogP contribution in [0.2, 0.25) is 0 Å². The Balaban J connectivity index is 2.35. The molecule has 0 aliphatic heterocycles. The van der Waals surface area contributed by atoms with Crippen molar-refractivity contribution in [1.29, 1.82) is 0 Å². The van der Waals surface area contributed by atoms with Crippen LogP contribution in [0, 0.1) is 5.82 Å². The van der Waals surface area contributed by atoms with Gasteiger partial charge in [0.1, 0.15) is 11.6 Å². The van der Waals surface area contributed by atoms with Crippen molar-refractivity contribution in [3.63, 3.8) is 0 Å². The Morgan fingerprint density at radius 1 is 1.12 bits per heavy atom. The number of hydrogen-bond acceptors (Lipinski definition) is 4. The van der Waals surface area contributed by atoms with Crippen LogP contribution in [0.25, 0.3) is 22.4 Å². The third kappa shape index (κ3) is 3.01. The highest BCUT2D eigenvalue weighted by atomic mass is 19.1. The first-order valence-electron chi connectivity index (χ1n) is 8.14. The van der Waals surface area contributed by atoms with Gasteiger partial charge in [0.2, 0.25) is 0 Å². The zero-order chi connectivity index (χ0) is 18.7. The first kappa shape index (κ1) is 17.5. The lowest BCUT2D eigenvalue weighted by Gasteiger charge is -2.13. The van der Waals surface area contributed by atoms with Gasteiger partial charge in [-0.3, -0.25) is 4.68 Å². The summed E-state index contributed by atoms with van der Waals surface area (Å²) in [5.74, 6) is 5.43. The Hall–Kier alpha value is -3.28. The molecule has 134 valence electrons. The minimum atomic E-state index is -0.521. The third-order valence-electron chi connectivity index (χ3n) is 4.02. The normalized spacial score (nSPS) is 10.6. The zero-order valence-corrected chi connectivity index (χ0v) is 14.5. The van der Waals surface area contributed by atoms with Crippen LogP contribution in [0.1, 0.15) is 17.3 Å². The molecule has 0 aliphatic rings. The molecule has 0 saturated heterocycles. The van der Waals surface area contributed by atoms with Gasteiger partial charge in [0.15, 0.2) is 0 Å². The van der Waals surface area contributed by atoms with Crippen molar-refractivity contribution in [2.24, 2.45) is 0 Å². The van der Waals surface area contributed by atoms with E-state index in [1.165, 1.54) is 24.0 Å². The van der Waals surface area contributed by atoms with Crippen molar-refractivity contribution in [2.45, 2.75) is 6.92 Å². The van der Waals surface area contributed by atoms with Gasteiger partial charge in [0, 0.05) is 11.8 Å². The second-order valence-corrected chi connectivity index (χ2v) is 5.58. The minimum Gasteiger partial charge on any atom is -0.496 e. The molecule has 1 heterocycles. The lowest BCUT2D eigenvalue weighted by atomic mass is 9.97. The Morgan fingerprint density at radius 2 is 1.85 bits per heavy atom. The van der Waals surface area contributed by atoms with Gasteiger partial charge < -0.3 is 15.3 Å². The van der Waals surface area contributed by atoms with Gasteiger partial charge in [-0.1, -0.05) is 36.4 Å². The van der Waals surface area contributed by atoms with E-state index in [0.717, 1.165) is 5.56 Å². The topological polar surface area (TPSA) is 66.5 Å². The molecular weight excluding hydrogens is 335 g/mol. The van der Waals surface area contributed by atoms with Crippen LogP contribution in [0.4, 0.5) is 4.39 Å². The van der Waals surface area contributed by atoms with Crippen LogP contribution in [-0.4, -0.2) is 24.4 Å². The van der Waals surface area contributed by atoms with Crippen molar-refractivity contribution in [1.82, 2.24) is 4.68 Å². The number of benzene rings is 2. The number of nitrogens with zero attached hydrogens (tertiary/aromatic N) is 1. The molecule has 0 fully saturated rings. The van der Waals surface area contributed by atoms with Crippen LogP contribution >= 0.6 is 0 Å². The summed E-state index contributed by atoms with van der Waals surface area (Å²) in [4.78, 5) is 12.5. The lowest BCUT2D eigenvalue weighted by Crippen LogP contribution is -2.09. The minimum absolute atomic E-state index is 0.187. The molecule has 0 aliphatic carbocycles. The van der Waals surface area contributed by atoms with E-state index in [9.17, 15) is 9.18 Å². The summed E-state index contributed by atoms with van der Waals surface area (Å²) in [5.41, 5.74) is 2.01. The first-order chi connectivity index (χ1) is 12.6. The van der Waals surface area contributed by atoms with Gasteiger partial charge in [-0.2, -0.15) is 0 Å². The van der Waals surface area contributed by atoms with E-state index in [1.807, 2.05) is 30.3 Å². The third-order valence-corrected chi connectivity index (χ3v) is 4.02. The smallest absolute Gasteiger partial charge is 0.340 e. The first-order valence-corrected chi connectivity index (χ1v) is 8.14. The van der Waals surface area contributed by atoms with Crippen molar-refractivity contribution in [2.75, 3.05) is 19.6 Å². The molecule has 6 heteroatoms. The average molecular weight is 354 g/mol. The maximum Gasteiger partial charge on any atom is 0.340 e. The number of hydrogen-bond donors (Lipinski definition) is 1. The van der Waals surface area contributed by atoms with E-state index < -0.39 is 11.8 Å². The maximum atomic E-state index is 14.7. The van der Waals surface area contributed by atoms with Crippen molar-refractivity contribution >= 4 is 5.97 Å². The summed E-state index contributed by atoms with van der Waals surface area (Å²) in [6, 6.07) is 13.7. The van der Waals surface area contributed by atoms with Crippen molar-refractivity contribution in [3.05, 3.63) is 66.1 Å². The number of nitrogens with two attached hydrogens (primary N) is 1. The number of halogens is 1. The fourth-order valence-corrected chi connectivity index (χ4v) is 2.94. The average Bonchev–Trinajstić information content (AvgIpc) is 2.99. The summed E-state index contributed by atoms with van der Waals surface area (Å²) in [6.45, 7) is 1.95. The Labute approximate surface area is 150 Å². The molecule has 5 nitrogen and oxygen atoms in total. The zero-order valence-electron chi connectivity index (χ0n) is 14.5. The van der Waals surface area contributed by atoms with Crippen molar-refractivity contribution < 1.29 is 18.7 Å². The quantitative estimate of drug-likeness (QED) is 0.558. The van der Waals surface area contributed by atoms with E-state index in [0.29, 0.717) is 17.0 Å². The maximum absolute atomic E-state index is 14.7. The molecule has 0 saturated carbocycles. The van der Waals surface area contributed by atoms with Crippen LogP contribution in [0.5, 0.6) is 5.75 Å². The molecule has 3 rings (SSSR count). The van der Waals surface area contributed by atoms with Crippen LogP contribution < -0.4 is 10.6 Å². The van der Waals surface area contributed by atoms with E-state index in [-0.39, 0.29) is 17.7 Å². The van der Waals surface area contributed by atoms with Crippen LogP contribution in [0.15, 0.2) is 54.7 Å². The number of aromatic nitrogens is 1. The Kier molecular flexibility index (Phi) is 4.93. The highest BCUT2D eigenvalue weighted by molar-refractivity contribution is 6.02. The van der Waals surface area contributed by atoms with Crippen LogP contribution in [0.3, 0.4) is 0 Å². The van der Waals surface area contributed by atoms with Gasteiger partial charge in [0.05, 0.1) is 30.5 Å². The molecule has 26 heavy (non-hydrogen) atoms. The molecule has 0 atom stereocenters. The SMILES string of the molecule is CCOC(=O)c1cn(N)c(-c2c(F)cccc2OC)c1-c1ccccc1. The number of nitrogen functional groups attached to an aromatic ring is 1. The number of carbonyl (C=O) groups is 1. The fourth-order valence-electron chi connectivity index (χ4n) is 2.94. The van der Waals surface area contributed by atoms with Gasteiger partial charge in [-0.25, -0.2) is 9.18 Å². The lowest BCUT2D eigenvalue weighted by molar-refractivity contribution is 0.0527. The molecule has 0 unspecified atom stereocenters. The number of methoxy groups -OCH3 is 1. The molecule has 1 aromatic heterocycles. The largest absolute Gasteiger partial charge is 0.496 e. The fraction of sp³-hybridized carbons (Fsp3) is 0.150. The second-order valence-electron chi connectivity index (χ2n) is 5.58. The predicted octanol–water partition coefficient (Wildman–Crippen LogP) is 3.86. The number of carbonyl (C=O) groups excluding carboxylic acids is 1. The Bertz CT molecular complexity index is 936. The molecule has 0 radical (unpaired) electrons. The highest BCUT2D eigenvalue weighted by Crippen LogP contribution is 2.41. The highest BCUT2D eigenvalue weighted by Gasteiger charge is 2.27. The summed E-state index contributed by atoms with van der Waals surface area (Å²) in [5, 5.41) is 0. The van der Waals surface area contributed by atoms with Crippen LogP contribution in [-0.2, 0) is 4.74 Å². The number of esters is 1. The van der Waals surface area contributed by atoms with E-state index in [2.05, 4.69) is 0 Å². The van der Waals surface area contributed by atoms with E-state index >= 15 is 0 Å². The molecule has 3 aromatic rings. The number of ether oxygens (including phenoxy) is 2. The summed E-state index contributed by atoms with van der Waals surface area (Å²) >= 11 is 0. The molecular formula is C20H19FN2O3. The summed E-state index contributed by atoms with van der Waals surface area (Å²) < 4.78 is 26.4. The van der Waals surface area contributed by atoms with E-state index in [4.69, 9.17) is 15.3 Å². The number of rotatable bonds is 5. The summed E-state index contributed by atoms with van der Waals surface area (Å²) in [7, 11) is 1.45. The predicted molar refractivity (Wildman–Crippen MR) is 97.9 cm³/mol. The van der Waals surface area contributed by atoms with Gasteiger partial charge in [-0.05, 0) is 24.6 Å². The van der Waals surface area contributed by atoms with E-state index in [1.54, 1.807) is 19.1 Å². The van der Waals surface area contributed by atoms with Crippen molar-refractivity contribution in [3.8, 4) is 28.1 Å². The second kappa shape index (κ2) is 7.31. The molecule has 0 bridgehead atoms. The Morgan fingerprint density at radius 3 is 2.50 bits per heavy atom. The molecule has 2 aromatic carbocycles. The standard InChI is InChI=1S/C20H19FN2O3/c1-3-26-20(24)14-12-23(22)19(17(14)13-8-5-4-6-9-13)18-15(21)10-7-11-16(18)25-2/h4-12H,3,22H2,1-2H3. The molecule has 2 N–H and O–H groups in total. The molecule has 0 amide bonds. The summed E-state index contributed by atoms with van der Waals surface area (Å²) in [6.07, 6.45) is 1.45. The van der Waals surface area contributed by atoms with Gasteiger partial charge >= 0.3 is 5.97 Å². The van der Waals surface area contributed by atoms with Gasteiger partial charge in [-0.15, -0.1) is 0 Å². The molecule has 0 spiro atoms. The van der Waals surface area contributed by atoms with Gasteiger partial charge in [0.25, 0.3) is 0 Å².